The van der Waals surface area contributed by atoms with E-state index >= 15 is 0 Å². The molecule has 1 aliphatic rings. The van der Waals surface area contributed by atoms with Gasteiger partial charge in [-0.15, -0.1) is 0 Å². The second kappa shape index (κ2) is 6.93. The average molecular weight is 330 g/mol. The zero-order valence-corrected chi connectivity index (χ0v) is 13.6. The van der Waals surface area contributed by atoms with Gasteiger partial charge < -0.3 is 4.74 Å². The van der Waals surface area contributed by atoms with Crippen LogP contribution < -0.4 is 0 Å². The molecule has 3 aromatic carbocycles. The summed E-state index contributed by atoms with van der Waals surface area (Å²) in [6.45, 7) is 0. The van der Waals surface area contributed by atoms with Gasteiger partial charge >= 0.3 is 0 Å². The van der Waals surface area contributed by atoms with E-state index in [1.165, 1.54) is 0 Å². The summed E-state index contributed by atoms with van der Waals surface area (Å²) in [5.41, 5.74) is 2.72. The summed E-state index contributed by atoms with van der Waals surface area (Å²) in [5.74, 6) is -1.15. The first-order valence-electron chi connectivity index (χ1n) is 8.23. The van der Waals surface area contributed by atoms with Crippen molar-refractivity contribution in [2.75, 3.05) is 0 Å². The van der Waals surface area contributed by atoms with Crippen molar-refractivity contribution < 1.29 is 14.5 Å². The summed E-state index contributed by atoms with van der Waals surface area (Å²) in [7, 11) is 0. The van der Waals surface area contributed by atoms with Gasteiger partial charge in [-0.1, -0.05) is 91.0 Å². The van der Waals surface area contributed by atoms with Crippen LogP contribution in [0.1, 0.15) is 22.8 Å². The van der Waals surface area contributed by atoms with Crippen LogP contribution in [-0.2, 0) is 20.3 Å². The van der Waals surface area contributed by atoms with E-state index in [1.807, 2.05) is 97.1 Å². The highest BCUT2D eigenvalue weighted by molar-refractivity contribution is 5.34. The molecular weight excluding hydrogens is 312 g/mol. The third-order valence-electron chi connectivity index (χ3n) is 4.19. The predicted molar refractivity (Wildman–Crippen MR) is 95.2 cm³/mol. The Bertz CT molecular complexity index is 789. The monoisotopic (exact) mass is 330 g/mol. The highest BCUT2D eigenvalue weighted by Crippen LogP contribution is 2.39. The second-order valence-electron chi connectivity index (χ2n) is 5.81. The van der Waals surface area contributed by atoms with Gasteiger partial charge in [-0.2, -0.15) is 4.89 Å². The maximum atomic E-state index is 6.09. The Labute approximate surface area is 147 Å². The van der Waals surface area contributed by atoms with Crippen molar-refractivity contribution in [1.82, 2.24) is 0 Å². The van der Waals surface area contributed by atoms with Crippen LogP contribution in [0.25, 0.3) is 0 Å². The fraction of sp³-hybridized carbons (Fsp3) is 0.0909. The van der Waals surface area contributed by atoms with E-state index in [2.05, 4.69) is 0 Å². The van der Waals surface area contributed by atoms with Crippen LogP contribution in [0.15, 0.2) is 103 Å². The van der Waals surface area contributed by atoms with Crippen LogP contribution in [0.2, 0.25) is 0 Å². The molecule has 0 radical (unpaired) electrons. The molecule has 3 nitrogen and oxygen atoms in total. The molecule has 0 aliphatic carbocycles. The topological polar surface area (TPSA) is 27.7 Å². The Hall–Kier alpha value is -2.88. The van der Waals surface area contributed by atoms with Crippen molar-refractivity contribution in [1.29, 1.82) is 0 Å². The fourth-order valence-corrected chi connectivity index (χ4v) is 2.90. The molecule has 3 heteroatoms. The van der Waals surface area contributed by atoms with Crippen molar-refractivity contribution >= 4 is 0 Å². The molecule has 3 aromatic rings. The first-order valence-corrected chi connectivity index (χ1v) is 8.23. The summed E-state index contributed by atoms with van der Waals surface area (Å²) < 4.78 is 6.09. The Morgan fingerprint density at radius 2 is 1.16 bits per heavy atom. The SMILES string of the molecule is C1=CC(c2ccccc2)OOC(c2ccccc2)(c2ccccc2)O1. The van der Waals surface area contributed by atoms with Crippen LogP contribution >= 0.6 is 0 Å². The van der Waals surface area contributed by atoms with Gasteiger partial charge in [-0.3, -0.25) is 0 Å². The Balaban J connectivity index is 1.73. The third kappa shape index (κ3) is 3.07. The molecule has 1 aliphatic heterocycles. The highest BCUT2D eigenvalue weighted by Gasteiger charge is 2.41. The molecule has 0 saturated carbocycles. The van der Waals surface area contributed by atoms with Crippen LogP contribution in [0.3, 0.4) is 0 Å². The molecule has 0 bridgehead atoms. The number of hydrogen-bond acceptors (Lipinski definition) is 3. The number of rotatable bonds is 3. The van der Waals surface area contributed by atoms with Crippen molar-refractivity contribution in [3.8, 4) is 0 Å². The largest absolute Gasteiger partial charge is 0.459 e. The molecule has 0 N–H and O–H groups in total. The smallest absolute Gasteiger partial charge is 0.292 e. The van der Waals surface area contributed by atoms with E-state index in [0.717, 1.165) is 16.7 Å². The lowest BCUT2D eigenvalue weighted by molar-refractivity contribution is -0.420. The zero-order chi connectivity index (χ0) is 17.0. The molecule has 1 unspecified atom stereocenters. The van der Waals surface area contributed by atoms with Crippen LogP contribution in [0.5, 0.6) is 0 Å². The average Bonchev–Trinajstić information content (AvgIpc) is 2.94. The van der Waals surface area contributed by atoms with Crippen molar-refractivity contribution in [2.45, 2.75) is 11.9 Å². The van der Waals surface area contributed by atoms with E-state index in [1.54, 1.807) is 6.26 Å². The number of ether oxygens (including phenoxy) is 1. The summed E-state index contributed by atoms with van der Waals surface area (Å²) >= 11 is 0. The second-order valence-corrected chi connectivity index (χ2v) is 5.81. The van der Waals surface area contributed by atoms with Gasteiger partial charge in [0.25, 0.3) is 5.79 Å². The molecule has 1 heterocycles. The molecule has 0 fully saturated rings. The van der Waals surface area contributed by atoms with Gasteiger partial charge in [0.1, 0.15) is 6.10 Å². The first-order chi connectivity index (χ1) is 12.4. The quantitative estimate of drug-likeness (QED) is 0.624. The Morgan fingerprint density at radius 3 is 1.72 bits per heavy atom. The minimum atomic E-state index is -1.15. The molecule has 4 rings (SSSR count). The molecule has 0 spiro atoms. The molecule has 124 valence electrons. The normalized spacial score (nSPS) is 19.0. The third-order valence-corrected chi connectivity index (χ3v) is 4.19. The van der Waals surface area contributed by atoms with Gasteiger partial charge in [-0.05, 0) is 11.6 Å². The summed E-state index contributed by atoms with van der Waals surface area (Å²) in [4.78, 5) is 11.7. The van der Waals surface area contributed by atoms with Crippen LogP contribution in [0, 0.1) is 0 Å². The van der Waals surface area contributed by atoms with Gasteiger partial charge in [0.2, 0.25) is 0 Å². The van der Waals surface area contributed by atoms with Crippen molar-refractivity contribution in [2.24, 2.45) is 0 Å². The Morgan fingerprint density at radius 1 is 0.640 bits per heavy atom. The van der Waals surface area contributed by atoms with Gasteiger partial charge in [-0.25, -0.2) is 4.89 Å². The molecule has 0 amide bonds. The highest BCUT2D eigenvalue weighted by atomic mass is 17.2. The van der Waals surface area contributed by atoms with E-state index in [0.29, 0.717) is 0 Å². The van der Waals surface area contributed by atoms with Crippen LogP contribution in [0.4, 0.5) is 0 Å². The minimum Gasteiger partial charge on any atom is -0.459 e. The molecule has 0 saturated heterocycles. The number of hydrogen-bond donors (Lipinski definition) is 0. The fourth-order valence-electron chi connectivity index (χ4n) is 2.90. The Kier molecular flexibility index (Phi) is 4.34. The lowest BCUT2D eigenvalue weighted by Crippen LogP contribution is -2.32. The maximum Gasteiger partial charge on any atom is 0.292 e. The molecule has 25 heavy (non-hydrogen) atoms. The summed E-state index contributed by atoms with van der Waals surface area (Å²) in [5, 5.41) is 0. The van der Waals surface area contributed by atoms with E-state index < -0.39 is 5.79 Å². The minimum absolute atomic E-state index is 0.338. The zero-order valence-electron chi connectivity index (χ0n) is 13.6. The first kappa shape index (κ1) is 15.6. The van der Waals surface area contributed by atoms with Crippen molar-refractivity contribution in [3.05, 3.63) is 120 Å². The summed E-state index contributed by atoms with van der Waals surface area (Å²) in [6.07, 6.45) is 3.17. The van der Waals surface area contributed by atoms with Gasteiger partial charge in [0, 0.05) is 11.1 Å². The van der Waals surface area contributed by atoms with Gasteiger partial charge in [0.15, 0.2) is 0 Å². The predicted octanol–water partition coefficient (Wildman–Crippen LogP) is 5.12. The van der Waals surface area contributed by atoms with Crippen LogP contribution in [-0.4, -0.2) is 0 Å². The van der Waals surface area contributed by atoms with E-state index in [4.69, 9.17) is 14.5 Å². The van der Waals surface area contributed by atoms with E-state index in [9.17, 15) is 0 Å². The maximum absolute atomic E-state index is 6.09. The lowest BCUT2D eigenvalue weighted by Gasteiger charge is -2.31. The molecule has 1 atom stereocenters. The van der Waals surface area contributed by atoms with Gasteiger partial charge in [0.05, 0.1) is 6.26 Å². The van der Waals surface area contributed by atoms with E-state index in [-0.39, 0.29) is 6.10 Å². The standard InChI is InChI=1S/C22H18O3/c1-4-10-18(11-5-1)21-16-17-23-22(25-24-21,19-12-6-2-7-13-19)20-14-8-3-9-15-20/h1-17,21H. The lowest BCUT2D eigenvalue weighted by atomic mass is 9.97. The van der Waals surface area contributed by atoms with Crippen molar-refractivity contribution in [3.63, 3.8) is 0 Å². The summed E-state index contributed by atoms with van der Waals surface area (Å²) in [6, 6.07) is 29.5. The molecule has 0 aromatic heterocycles. The number of benzene rings is 3. The molecular formula is C22H18O3.